The van der Waals surface area contributed by atoms with E-state index in [-0.39, 0.29) is 17.6 Å². The average Bonchev–Trinajstić information content (AvgIpc) is 3.32. The molecule has 0 saturated carbocycles. The van der Waals surface area contributed by atoms with Crippen LogP contribution in [0, 0.1) is 30.5 Å². The molecule has 0 unspecified atom stereocenters. The van der Waals surface area contributed by atoms with Crippen LogP contribution in [0.25, 0.3) is 11.5 Å². The molecule has 0 radical (unpaired) electrons. The van der Waals surface area contributed by atoms with Crippen LogP contribution in [0.4, 0.5) is 4.39 Å². The van der Waals surface area contributed by atoms with Crippen molar-refractivity contribution in [3.63, 3.8) is 0 Å². The van der Waals surface area contributed by atoms with Gasteiger partial charge in [-0.2, -0.15) is 0 Å². The number of nitrogens with one attached hydrogen (secondary N) is 1. The van der Waals surface area contributed by atoms with Gasteiger partial charge < -0.3 is 14.6 Å². The summed E-state index contributed by atoms with van der Waals surface area (Å²) in [4.78, 5) is 22.1. The number of rotatable bonds is 9. The number of piperidine rings is 2. The van der Waals surface area contributed by atoms with Crippen LogP contribution in [0.1, 0.15) is 57.2 Å². The SMILES string of the molecule is Cc1cc(-c2nc(CN3CCC(C(=O)NCCCN4CCC(C(C)C)CC4)CC3)co2)ccc1F. The van der Waals surface area contributed by atoms with Crippen LogP contribution < -0.4 is 5.32 Å². The van der Waals surface area contributed by atoms with Gasteiger partial charge in [0, 0.05) is 24.6 Å². The number of carbonyl (C=O) groups is 1. The molecule has 1 amide bonds. The highest BCUT2D eigenvalue weighted by Gasteiger charge is 2.26. The number of oxazole rings is 1. The molecule has 1 N–H and O–H groups in total. The smallest absolute Gasteiger partial charge is 0.226 e. The van der Waals surface area contributed by atoms with Crippen molar-refractivity contribution >= 4 is 5.91 Å². The molecular formula is C28H41FN4O2. The fourth-order valence-corrected chi connectivity index (χ4v) is 5.37. The van der Waals surface area contributed by atoms with Gasteiger partial charge in [-0.25, -0.2) is 9.37 Å². The second-order valence-corrected chi connectivity index (χ2v) is 10.7. The zero-order valence-electron chi connectivity index (χ0n) is 21.6. The Bertz CT molecular complexity index is 960. The Balaban J connectivity index is 1.13. The van der Waals surface area contributed by atoms with Crippen molar-refractivity contribution in [2.45, 2.75) is 59.4 Å². The van der Waals surface area contributed by atoms with Crippen LogP contribution in [-0.4, -0.2) is 60.0 Å². The Hall–Kier alpha value is -2.25. The van der Waals surface area contributed by atoms with Gasteiger partial charge in [0.1, 0.15) is 12.1 Å². The highest BCUT2D eigenvalue weighted by molar-refractivity contribution is 5.78. The maximum atomic E-state index is 13.5. The van der Waals surface area contributed by atoms with E-state index in [1.54, 1.807) is 25.3 Å². The van der Waals surface area contributed by atoms with Crippen LogP contribution >= 0.6 is 0 Å². The highest BCUT2D eigenvalue weighted by atomic mass is 19.1. The van der Waals surface area contributed by atoms with Crippen molar-refractivity contribution < 1.29 is 13.6 Å². The van der Waals surface area contributed by atoms with E-state index in [9.17, 15) is 9.18 Å². The molecule has 2 aliphatic rings. The Kier molecular flexibility index (Phi) is 8.95. The van der Waals surface area contributed by atoms with Gasteiger partial charge in [0.25, 0.3) is 0 Å². The number of likely N-dealkylation sites (tertiary alicyclic amines) is 2. The van der Waals surface area contributed by atoms with E-state index in [2.05, 4.69) is 33.9 Å². The minimum absolute atomic E-state index is 0.100. The van der Waals surface area contributed by atoms with E-state index in [1.807, 2.05) is 0 Å². The van der Waals surface area contributed by atoms with Crippen molar-refractivity contribution in [2.75, 3.05) is 39.3 Å². The molecular weight excluding hydrogens is 443 g/mol. The normalized spacial score (nSPS) is 18.9. The number of aromatic nitrogens is 1. The fraction of sp³-hybridized carbons (Fsp3) is 0.643. The van der Waals surface area contributed by atoms with Gasteiger partial charge in [-0.05, 0) is 107 Å². The molecule has 0 aliphatic carbocycles. The summed E-state index contributed by atoms with van der Waals surface area (Å²) in [5.74, 6) is 2.27. The van der Waals surface area contributed by atoms with E-state index in [4.69, 9.17) is 4.42 Å². The average molecular weight is 485 g/mol. The molecule has 2 saturated heterocycles. The van der Waals surface area contributed by atoms with Crippen molar-refractivity contribution in [1.82, 2.24) is 20.1 Å². The third-order valence-electron chi connectivity index (χ3n) is 7.83. The fourth-order valence-electron chi connectivity index (χ4n) is 5.37. The largest absolute Gasteiger partial charge is 0.444 e. The summed E-state index contributed by atoms with van der Waals surface area (Å²) < 4.78 is 19.2. The second kappa shape index (κ2) is 12.1. The summed E-state index contributed by atoms with van der Waals surface area (Å²) >= 11 is 0. The summed E-state index contributed by atoms with van der Waals surface area (Å²) in [5, 5.41) is 3.18. The molecule has 6 nitrogen and oxygen atoms in total. The van der Waals surface area contributed by atoms with Gasteiger partial charge in [0.2, 0.25) is 11.8 Å². The first kappa shape index (κ1) is 25.8. The maximum Gasteiger partial charge on any atom is 0.226 e. The number of amides is 1. The number of aryl methyl sites for hydroxylation is 1. The molecule has 35 heavy (non-hydrogen) atoms. The minimum atomic E-state index is -0.228. The summed E-state index contributed by atoms with van der Waals surface area (Å²) in [6, 6.07) is 4.89. The molecule has 2 fully saturated rings. The van der Waals surface area contributed by atoms with Gasteiger partial charge in [-0.1, -0.05) is 13.8 Å². The number of hydrogen-bond acceptors (Lipinski definition) is 5. The van der Waals surface area contributed by atoms with Crippen LogP contribution in [0.15, 0.2) is 28.9 Å². The minimum Gasteiger partial charge on any atom is -0.444 e. The lowest BCUT2D eigenvalue weighted by Crippen LogP contribution is -2.41. The van der Waals surface area contributed by atoms with Crippen LogP contribution in [0.2, 0.25) is 0 Å². The van der Waals surface area contributed by atoms with E-state index < -0.39 is 0 Å². The molecule has 0 bridgehead atoms. The zero-order chi connectivity index (χ0) is 24.8. The molecule has 0 atom stereocenters. The lowest BCUT2D eigenvalue weighted by molar-refractivity contribution is -0.126. The molecule has 1 aromatic heterocycles. The molecule has 3 heterocycles. The molecule has 2 aromatic rings. The van der Waals surface area contributed by atoms with Gasteiger partial charge in [-0.3, -0.25) is 9.69 Å². The molecule has 7 heteroatoms. The second-order valence-electron chi connectivity index (χ2n) is 10.7. The Morgan fingerprint density at radius 1 is 1.14 bits per heavy atom. The van der Waals surface area contributed by atoms with Crippen LogP contribution in [0.5, 0.6) is 0 Å². The Morgan fingerprint density at radius 3 is 2.54 bits per heavy atom. The van der Waals surface area contributed by atoms with Gasteiger partial charge in [-0.15, -0.1) is 0 Å². The predicted octanol–water partition coefficient (Wildman–Crippen LogP) is 4.88. The molecule has 2 aliphatic heterocycles. The number of carbonyl (C=O) groups excluding carboxylic acids is 1. The van der Waals surface area contributed by atoms with Crippen LogP contribution in [-0.2, 0) is 11.3 Å². The molecule has 1 aromatic carbocycles. The first-order valence-corrected chi connectivity index (χ1v) is 13.3. The van der Waals surface area contributed by atoms with Crippen molar-refractivity contribution in [3.8, 4) is 11.5 Å². The van der Waals surface area contributed by atoms with Crippen molar-refractivity contribution in [1.29, 1.82) is 0 Å². The van der Waals surface area contributed by atoms with Crippen LogP contribution in [0.3, 0.4) is 0 Å². The lowest BCUT2D eigenvalue weighted by atomic mass is 9.87. The molecule has 192 valence electrons. The summed E-state index contributed by atoms with van der Waals surface area (Å²) in [7, 11) is 0. The monoisotopic (exact) mass is 484 g/mol. The standard InChI is InChI=1S/C28H41FN4O2/c1-20(2)22-7-13-32(14-8-22)12-4-11-30-27(34)23-9-15-33(16-10-23)18-25-19-35-28(31-25)24-5-6-26(29)21(3)17-24/h5-6,17,19-20,22-23H,4,7-16,18H2,1-3H3,(H,30,34). The van der Waals surface area contributed by atoms with E-state index in [1.165, 1.54) is 32.0 Å². The number of halogens is 1. The van der Waals surface area contributed by atoms with Gasteiger partial charge in [0.05, 0.1) is 5.69 Å². The third-order valence-corrected chi connectivity index (χ3v) is 7.83. The summed E-state index contributed by atoms with van der Waals surface area (Å²) in [6.45, 7) is 13.1. The van der Waals surface area contributed by atoms with E-state index in [0.29, 0.717) is 18.0 Å². The van der Waals surface area contributed by atoms with E-state index >= 15 is 0 Å². The number of nitrogens with zero attached hydrogens (tertiary/aromatic N) is 3. The van der Waals surface area contributed by atoms with Crippen molar-refractivity contribution in [3.05, 3.63) is 41.5 Å². The quantitative estimate of drug-likeness (QED) is 0.514. The van der Waals surface area contributed by atoms with Gasteiger partial charge >= 0.3 is 0 Å². The molecule has 4 rings (SSSR count). The van der Waals surface area contributed by atoms with E-state index in [0.717, 1.165) is 68.5 Å². The lowest BCUT2D eigenvalue weighted by Gasteiger charge is -2.34. The number of hydrogen-bond donors (Lipinski definition) is 1. The summed E-state index contributed by atoms with van der Waals surface area (Å²) in [6.07, 6.45) is 7.07. The first-order valence-electron chi connectivity index (χ1n) is 13.3. The topological polar surface area (TPSA) is 61.6 Å². The number of benzene rings is 1. The summed E-state index contributed by atoms with van der Waals surface area (Å²) in [5.41, 5.74) is 2.22. The Labute approximate surface area is 209 Å². The maximum absolute atomic E-state index is 13.5. The third kappa shape index (κ3) is 7.14. The predicted molar refractivity (Wildman–Crippen MR) is 136 cm³/mol. The first-order chi connectivity index (χ1) is 16.9. The van der Waals surface area contributed by atoms with Gasteiger partial charge in [0.15, 0.2) is 0 Å². The highest BCUT2D eigenvalue weighted by Crippen LogP contribution is 2.25. The Morgan fingerprint density at radius 2 is 1.86 bits per heavy atom. The van der Waals surface area contributed by atoms with Crippen molar-refractivity contribution in [2.24, 2.45) is 17.8 Å². The molecule has 0 spiro atoms. The zero-order valence-corrected chi connectivity index (χ0v) is 21.6.